The number of hydrogen-bond donors (Lipinski definition) is 1. The minimum atomic E-state index is -3.68. The van der Waals surface area contributed by atoms with Gasteiger partial charge in [0.05, 0.1) is 5.02 Å². The number of benzene rings is 2. The Morgan fingerprint density at radius 2 is 1.88 bits per heavy atom. The zero-order chi connectivity index (χ0) is 18.7. The van der Waals surface area contributed by atoms with Crippen LogP contribution in [0.3, 0.4) is 0 Å². The Hall–Kier alpha value is -1.89. The molecule has 2 aromatic carbocycles. The molecule has 0 aromatic heterocycles. The van der Waals surface area contributed by atoms with Gasteiger partial charge in [0.25, 0.3) is 5.91 Å². The van der Waals surface area contributed by atoms with Crippen LogP contribution in [0.1, 0.15) is 34.3 Å². The monoisotopic (exact) mass is 392 g/mol. The van der Waals surface area contributed by atoms with Crippen molar-refractivity contribution in [2.24, 2.45) is 0 Å². The van der Waals surface area contributed by atoms with Gasteiger partial charge in [0.15, 0.2) is 0 Å². The van der Waals surface area contributed by atoms with E-state index in [1.807, 2.05) is 31.2 Å². The first-order valence-corrected chi connectivity index (χ1v) is 10.3. The molecule has 0 aliphatic carbocycles. The largest absolute Gasteiger partial charge is 0.348 e. The Morgan fingerprint density at radius 1 is 1.15 bits per heavy atom. The van der Waals surface area contributed by atoms with Gasteiger partial charge < -0.3 is 5.32 Å². The second-order valence-corrected chi connectivity index (χ2v) is 8.74. The van der Waals surface area contributed by atoms with Crippen molar-refractivity contribution in [3.8, 4) is 0 Å². The molecule has 5 nitrogen and oxygen atoms in total. The van der Waals surface area contributed by atoms with E-state index in [9.17, 15) is 13.2 Å². The number of hydrogen-bond acceptors (Lipinski definition) is 3. The first-order chi connectivity index (χ1) is 12.4. The summed E-state index contributed by atoms with van der Waals surface area (Å²) in [5.41, 5.74) is 2.37. The molecule has 26 heavy (non-hydrogen) atoms. The Balaban J connectivity index is 1.79. The Labute approximate surface area is 159 Å². The number of carbonyl (C=O) groups excluding carboxylic acids is 1. The number of halogens is 1. The second kappa shape index (κ2) is 7.78. The lowest BCUT2D eigenvalue weighted by molar-refractivity contribution is 0.0950. The molecule has 1 aliphatic heterocycles. The number of aryl methyl sites for hydroxylation is 1. The predicted octanol–water partition coefficient (Wildman–Crippen LogP) is 3.36. The van der Waals surface area contributed by atoms with Crippen LogP contribution in [0.15, 0.2) is 47.4 Å². The van der Waals surface area contributed by atoms with E-state index in [0.717, 1.165) is 24.0 Å². The van der Waals surface area contributed by atoms with Crippen molar-refractivity contribution < 1.29 is 13.2 Å². The molecule has 0 saturated carbocycles. The van der Waals surface area contributed by atoms with Crippen LogP contribution in [0.25, 0.3) is 0 Å². The molecule has 0 atom stereocenters. The molecule has 1 heterocycles. The van der Waals surface area contributed by atoms with Gasteiger partial charge in [-0.15, -0.1) is 0 Å². The smallest absolute Gasteiger partial charge is 0.251 e. The molecule has 0 radical (unpaired) electrons. The van der Waals surface area contributed by atoms with Crippen LogP contribution in [-0.2, 0) is 16.6 Å². The third-order valence-electron chi connectivity index (χ3n) is 4.41. The van der Waals surface area contributed by atoms with E-state index in [1.165, 1.54) is 22.5 Å². The van der Waals surface area contributed by atoms with Gasteiger partial charge in [-0.05, 0) is 43.5 Å². The first-order valence-electron chi connectivity index (χ1n) is 8.51. The standard InChI is InChI=1S/C19H21ClN2O3S/c1-14-5-4-6-15(11-14)13-21-19(23)16-7-8-17(20)18(12-16)26(24,25)22-9-2-3-10-22/h4-8,11-12H,2-3,9-10,13H2,1H3,(H,21,23). The number of carbonyl (C=O) groups is 1. The summed E-state index contributed by atoms with van der Waals surface area (Å²) in [5, 5.41) is 2.95. The molecule has 0 spiro atoms. The minimum absolute atomic E-state index is 0.00993. The summed E-state index contributed by atoms with van der Waals surface area (Å²) in [4.78, 5) is 12.4. The highest BCUT2D eigenvalue weighted by molar-refractivity contribution is 7.89. The highest BCUT2D eigenvalue weighted by atomic mass is 35.5. The molecule has 0 unspecified atom stereocenters. The number of rotatable bonds is 5. The molecule has 1 fully saturated rings. The van der Waals surface area contributed by atoms with Gasteiger partial charge in [-0.2, -0.15) is 4.31 Å². The highest BCUT2D eigenvalue weighted by Crippen LogP contribution is 2.28. The van der Waals surface area contributed by atoms with E-state index in [4.69, 9.17) is 11.6 Å². The zero-order valence-electron chi connectivity index (χ0n) is 14.5. The van der Waals surface area contributed by atoms with Crippen LogP contribution in [0, 0.1) is 6.92 Å². The molecule has 1 amide bonds. The summed E-state index contributed by atoms with van der Waals surface area (Å²) in [7, 11) is -3.68. The van der Waals surface area contributed by atoms with Crippen molar-refractivity contribution in [1.82, 2.24) is 9.62 Å². The average molecular weight is 393 g/mol. The second-order valence-electron chi connectivity index (χ2n) is 6.43. The average Bonchev–Trinajstić information content (AvgIpc) is 3.15. The summed E-state index contributed by atoms with van der Waals surface area (Å²) in [6.07, 6.45) is 1.68. The van der Waals surface area contributed by atoms with Crippen molar-refractivity contribution in [1.29, 1.82) is 0 Å². The van der Waals surface area contributed by atoms with Gasteiger partial charge in [0.2, 0.25) is 10.0 Å². The maximum atomic E-state index is 12.8. The van der Waals surface area contributed by atoms with Crippen molar-refractivity contribution in [3.05, 3.63) is 64.2 Å². The molecule has 1 aliphatic rings. The summed E-state index contributed by atoms with van der Waals surface area (Å²) in [5.74, 6) is -0.332. The van der Waals surface area contributed by atoms with Crippen LogP contribution in [-0.4, -0.2) is 31.7 Å². The summed E-state index contributed by atoms with van der Waals surface area (Å²) in [6.45, 7) is 3.34. The van der Waals surface area contributed by atoms with Crippen LogP contribution in [0.5, 0.6) is 0 Å². The van der Waals surface area contributed by atoms with Crippen molar-refractivity contribution in [2.75, 3.05) is 13.1 Å². The van der Waals surface area contributed by atoms with Gasteiger partial charge in [0.1, 0.15) is 4.90 Å². The van der Waals surface area contributed by atoms with Crippen molar-refractivity contribution in [3.63, 3.8) is 0 Å². The van der Waals surface area contributed by atoms with Crippen molar-refractivity contribution in [2.45, 2.75) is 31.2 Å². The topological polar surface area (TPSA) is 66.5 Å². The highest BCUT2D eigenvalue weighted by Gasteiger charge is 2.29. The first kappa shape index (κ1) is 18.9. The molecule has 1 saturated heterocycles. The zero-order valence-corrected chi connectivity index (χ0v) is 16.1. The lowest BCUT2D eigenvalue weighted by atomic mass is 10.1. The fraction of sp³-hybridized carbons (Fsp3) is 0.316. The Bertz CT molecular complexity index is 922. The van der Waals surface area contributed by atoms with Gasteiger partial charge in [-0.1, -0.05) is 41.4 Å². The minimum Gasteiger partial charge on any atom is -0.348 e. The van der Waals surface area contributed by atoms with E-state index in [0.29, 0.717) is 19.6 Å². The van der Waals surface area contributed by atoms with E-state index in [2.05, 4.69) is 5.32 Å². The SMILES string of the molecule is Cc1cccc(CNC(=O)c2ccc(Cl)c(S(=O)(=O)N3CCCC3)c2)c1. The number of nitrogens with one attached hydrogen (secondary N) is 1. The lowest BCUT2D eigenvalue weighted by Gasteiger charge is -2.17. The molecule has 138 valence electrons. The number of amides is 1. The fourth-order valence-electron chi connectivity index (χ4n) is 3.02. The Kier molecular flexibility index (Phi) is 5.65. The number of sulfonamides is 1. The van der Waals surface area contributed by atoms with Crippen LogP contribution in [0.2, 0.25) is 5.02 Å². The Morgan fingerprint density at radius 3 is 2.58 bits per heavy atom. The van der Waals surface area contributed by atoms with E-state index in [1.54, 1.807) is 0 Å². The van der Waals surface area contributed by atoms with Gasteiger partial charge in [-0.25, -0.2) is 8.42 Å². The third-order valence-corrected chi connectivity index (χ3v) is 6.79. The van der Waals surface area contributed by atoms with Crippen LogP contribution < -0.4 is 5.32 Å². The number of nitrogens with zero attached hydrogens (tertiary/aromatic N) is 1. The quantitative estimate of drug-likeness (QED) is 0.848. The fourth-order valence-corrected chi connectivity index (χ4v) is 5.03. The summed E-state index contributed by atoms with van der Waals surface area (Å²) >= 11 is 6.12. The van der Waals surface area contributed by atoms with Crippen LogP contribution >= 0.6 is 11.6 Å². The van der Waals surface area contributed by atoms with Crippen LogP contribution in [0.4, 0.5) is 0 Å². The lowest BCUT2D eigenvalue weighted by Crippen LogP contribution is -2.29. The third kappa shape index (κ3) is 4.09. The molecule has 3 rings (SSSR count). The predicted molar refractivity (Wildman–Crippen MR) is 102 cm³/mol. The molecule has 2 aromatic rings. The summed E-state index contributed by atoms with van der Waals surface area (Å²) in [6, 6.07) is 12.2. The summed E-state index contributed by atoms with van der Waals surface area (Å²) < 4.78 is 26.9. The maximum absolute atomic E-state index is 12.8. The molecular formula is C19H21ClN2O3S. The van der Waals surface area contributed by atoms with E-state index >= 15 is 0 Å². The molecule has 1 N–H and O–H groups in total. The van der Waals surface area contributed by atoms with Gasteiger partial charge >= 0.3 is 0 Å². The molecular weight excluding hydrogens is 372 g/mol. The molecule has 7 heteroatoms. The van der Waals surface area contributed by atoms with Crippen molar-refractivity contribution >= 4 is 27.5 Å². The van der Waals surface area contributed by atoms with Gasteiger partial charge in [-0.3, -0.25) is 4.79 Å². The normalized spacial score (nSPS) is 15.2. The van der Waals surface area contributed by atoms with Gasteiger partial charge in [0, 0.05) is 25.2 Å². The van der Waals surface area contributed by atoms with E-state index in [-0.39, 0.29) is 21.4 Å². The van der Waals surface area contributed by atoms with E-state index < -0.39 is 10.0 Å². The maximum Gasteiger partial charge on any atom is 0.251 e. The molecule has 0 bridgehead atoms.